The molecule has 1 aliphatic carbocycles. The molecular formula is C16H19FN2O2S. The molecule has 1 atom stereocenters. The molecule has 0 N–H and O–H groups in total. The summed E-state index contributed by atoms with van der Waals surface area (Å²) >= 11 is 1.90. The first-order chi connectivity index (χ1) is 10.6. The average molecular weight is 322 g/mol. The number of alkyl halides is 1. The van der Waals surface area contributed by atoms with Crippen LogP contribution in [0.1, 0.15) is 19.3 Å². The molecule has 1 aromatic rings. The SMILES string of the molecule is O=C(C1CC(F)C1)N1CC2(CC(Oc3ccccn3)CS2)C1. The van der Waals surface area contributed by atoms with E-state index in [9.17, 15) is 9.18 Å². The van der Waals surface area contributed by atoms with E-state index in [1.54, 1.807) is 6.20 Å². The van der Waals surface area contributed by atoms with E-state index in [1.807, 2.05) is 34.9 Å². The highest BCUT2D eigenvalue weighted by Gasteiger charge is 2.53. The van der Waals surface area contributed by atoms with Crippen LogP contribution in [-0.4, -0.2) is 51.7 Å². The van der Waals surface area contributed by atoms with Gasteiger partial charge in [-0.3, -0.25) is 4.79 Å². The number of rotatable bonds is 3. The van der Waals surface area contributed by atoms with Crippen LogP contribution in [0, 0.1) is 5.92 Å². The lowest BCUT2D eigenvalue weighted by Gasteiger charge is -2.49. The van der Waals surface area contributed by atoms with Crippen LogP contribution in [0.4, 0.5) is 4.39 Å². The Morgan fingerprint density at radius 1 is 1.41 bits per heavy atom. The number of thioether (sulfide) groups is 1. The Morgan fingerprint density at radius 3 is 2.91 bits per heavy atom. The van der Waals surface area contributed by atoms with Crippen molar-refractivity contribution in [1.29, 1.82) is 0 Å². The van der Waals surface area contributed by atoms with Crippen LogP contribution in [0.5, 0.6) is 5.88 Å². The summed E-state index contributed by atoms with van der Waals surface area (Å²) < 4.78 is 18.9. The van der Waals surface area contributed by atoms with Crippen molar-refractivity contribution in [2.45, 2.75) is 36.3 Å². The molecule has 1 unspecified atom stereocenters. The van der Waals surface area contributed by atoms with Crippen LogP contribution in [0.3, 0.4) is 0 Å². The first-order valence-electron chi connectivity index (χ1n) is 7.78. The fourth-order valence-electron chi connectivity index (χ4n) is 3.50. The number of amides is 1. The number of likely N-dealkylation sites (tertiary alicyclic amines) is 1. The van der Waals surface area contributed by atoms with Gasteiger partial charge < -0.3 is 9.64 Å². The van der Waals surface area contributed by atoms with Crippen LogP contribution < -0.4 is 4.74 Å². The maximum Gasteiger partial charge on any atom is 0.225 e. The zero-order valence-electron chi connectivity index (χ0n) is 12.3. The largest absolute Gasteiger partial charge is 0.473 e. The number of aromatic nitrogens is 1. The molecular weight excluding hydrogens is 303 g/mol. The molecule has 0 bridgehead atoms. The number of pyridine rings is 1. The normalized spacial score (nSPS) is 32.4. The molecule has 3 fully saturated rings. The highest BCUT2D eigenvalue weighted by molar-refractivity contribution is 8.01. The summed E-state index contributed by atoms with van der Waals surface area (Å²) in [6.45, 7) is 1.57. The molecule has 6 heteroatoms. The maximum atomic E-state index is 12.9. The van der Waals surface area contributed by atoms with Crippen molar-refractivity contribution in [2.24, 2.45) is 5.92 Å². The van der Waals surface area contributed by atoms with Gasteiger partial charge in [0, 0.05) is 43.4 Å². The molecule has 1 saturated carbocycles. The summed E-state index contributed by atoms with van der Waals surface area (Å²) in [7, 11) is 0. The number of hydrogen-bond donors (Lipinski definition) is 0. The smallest absolute Gasteiger partial charge is 0.225 e. The molecule has 3 heterocycles. The van der Waals surface area contributed by atoms with Gasteiger partial charge >= 0.3 is 0 Å². The molecule has 22 heavy (non-hydrogen) atoms. The molecule has 4 nitrogen and oxygen atoms in total. The molecule has 0 aromatic carbocycles. The van der Waals surface area contributed by atoms with Crippen LogP contribution in [-0.2, 0) is 4.79 Å². The van der Waals surface area contributed by atoms with Crippen LogP contribution in [0.15, 0.2) is 24.4 Å². The monoisotopic (exact) mass is 322 g/mol. The highest BCUT2D eigenvalue weighted by Crippen LogP contribution is 2.47. The van der Waals surface area contributed by atoms with Gasteiger partial charge in [0.05, 0.1) is 4.75 Å². The molecule has 118 valence electrons. The van der Waals surface area contributed by atoms with E-state index in [1.165, 1.54) is 0 Å². The molecule has 1 aromatic heterocycles. The van der Waals surface area contributed by atoms with Crippen molar-refractivity contribution in [3.8, 4) is 5.88 Å². The van der Waals surface area contributed by atoms with E-state index in [0.717, 1.165) is 25.3 Å². The van der Waals surface area contributed by atoms with Crippen LogP contribution in [0.25, 0.3) is 0 Å². The minimum absolute atomic E-state index is 0.0701. The Hall–Kier alpha value is -1.30. The van der Waals surface area contributed by atoms with Crippen LogP contribution in [0.2, 0.25) is 0 Å². The van der Waals surface area contributed by atoms with E-state index in [0.29, 0.717) is 18.7 Å². The van der Waals surface area contributed by atoms with Gasteiger partial charge in [0.2, 0.25) is 11.8 Å². The quantitative estimate of drug-likeness (QED) is 0.856. The standard InChI is InChI=1S/C16H19FN2O2S/c17-12-5-11(6-12)15(20)19-9-16(10-19)7-13(8-22-16)21-14-3-1-2-4-18-14/h1-4,11-13H,5-10H2. The summed E-state index contributed by atoms with van der Waals surface area (Å²) in [5.41, 5.74) is 0. The van der Waals surface area contributed by atoms with E-state index in [2.05, 4.69) is 4.98 Å². The third kappa shape index (κ3) is 2.57. The Bertz CT molecular complexity index is 559. The summed E-state index contributed by atoms with van der Waals surface area (Å²) in [6, 6.07) is 5.66. The fraction of sp³-hybridized carbons (Fsp3) is 0.625. The number of nitrogens with zero attached hydrogens (tertiary/aromatic N) is 2. The maximum absolute atomic E-state index is 12.9. The summed E-state index contributed by atoms with van der Waals surface area (Å²) in [4.78, 5) is 18.3. The molecule has 2 saturated heterocycles. The molecule has 0 radical (unpaired) electrons. The predicted molar refractivity (Wildman–Crippen MR) is 82.7 cm³/mol. The van der Waals surface area contributed by atoms with Crippen molar-refractivity contribution < 1.29 is 13.9 Å². The third-order valence-corrected chi connectivity index (χ3v) is 6.38. The zero-order valence-corrected chi connectivity index (χ0v) is 13.1. The summed E-state index contributed by atoms with van der Waals surface area (Å²) in [6.07, 6.45) is 2.92. The zero-order chi connectivity index (χ0) is 15.2. The Kier molecular flexibility index (Phi) is 3.51. The van der Waals surface area contributed by atoms with Crippen molar-refractivity contribution in [3.05, 3.63) is 24.4 Å². The van der Waals surface area contributed by atoms with Gasteiger partial charge in [-0.2, -0.15) is 0 Å². The molecule has 1 amide bonds. The van der Waals surface area contributed by atoms with Crippen molar-refractivity contribution in [2.75, 3.05) is 18.8 Å². The number of ether oxygens (including phenoxy) is 1. The van der Waals surface area contributed by atoms with Gasteiger partial charge in [0.25, 0.3) is 0 Å². The van der Waals surface area contributed by atoms with Gasteiger partial charge in [-0.25, -0.2) is 9.37 Å². The fourth-order valence-corrected chi connectivity index (χ4v) is 5.02. The van der Waals surface area contributed by atoms with Gasteiger partial charge in [0.15, 0.2) is 0 Å². The predicted octanol–water partition coefficient (Wildman–Crippen LogP) is 2.29. The lowest BCUT2D eigenvalue weighted by atomic mass is 9.80. The second-order valence-electron chi connectivity index (χ2n) is 6.57. The number of carbonyl (C=O) groups excluding carboxylic acids is 1. The molecule has 2 aliphatic heterocycles. The molecule has 4 rings (SSSR count). The Balaban J connectivity index is 1.28. The van der Waals surface area contributed by atoms with E-state index in [4.69, 9.17) is 4.74 Å². The molecule has 3 aliphatic rings. The van der Waals surface area contributed by atoms with E-state index in [-0.39, 0.29) is 22.7 Å². The van der Waals surface area contributed by atoms with Crippen LogP contribution >= 0.6 is 11.8 Å². The van der Waals surface area contributed by atoms with Crippen molar-refractivity contribution >= 4 is 17.7 Å². The third-order valence-electron chi connectivity index (χ3n) is 4.80. The van der Waals surface area contributed by atoms with E-state index >= 15 is 0 Å². The Morgan fingerprint density at radius 2 is 2.23 bits per heavy atom. The van der Waals surface area contributed by atoms with Crippen molar-refractivity contribution in [3.63, 3.8) is 0 Å². The highest BCUT2D eigenvalue weighted by atomic mass is 32.2. The van der Waals surface area contributed by atoms with E-state index < -0.39 is 6.17 Å². The van der Waals surface area contributed by atoms with Gasteiger partial charge in [-0.05, 0) is 18.9 Å². The van der Waals surface area contributed by atoms with Gasteiger partial charge in [-0.15, -0.1) is 11.8 Å². The number of hydrogen-bond acceptors (Lipinski definition) is 4. The minimum Gasteiger partial charge on any atom is -0.473 e. The van der Waals surface area contributed by atoms with Gasteiger partial charge in [0.1, 0.15) is 12.3 Å². The lowest BCUT2D eigenvalue weighted by molar-refractivity contribution is -0.146. The minimum atomic E-state index is -0.763. The number of carbonyl (C=O) groups is 1. The van der Waals surface area contributed by atoms with Crippen molar-refractivity contribution in [1.82, 2.24) is 9.88 Å². The topological polar surface area (TPSA) is 42.4 Å². The number of halogens is 1. The molecule has 1 spiro atoms. The first-order valence-corrected chi connectivity index (χ1v) is 8.77. The average Bonchev–Trinajstić information content (AvgIpc) is 2.87. The van der Waals surface area contributed by atoms with Gasteiger partial charge in [-0.1, -0.05) is 6.07 Å². The second-order valence-corrected chi connectivity index (χ2v) is 8.05. The first kappa shape index (κ1) is 14.3. The Labute approximate surface area is 133 Å². The summed E-state index contributed by atoms with van der Waals surface area (Å²) in [5.74, 6) is 1.68. The lowest BCUT2D eigenvalue weighted by Crippen LogP contribution is -2.62. The summed E-state index contributed by atoms with van der Waals surface area (Å²) in [5, 5.41) is 0. The second kappa shape index (κ2) is 5.41.